The molecule has 1 fully saturated rings. The molecule has 2 atom stereocenters. The van der Waals surface area contributed by atoms with Crippen LogP contribution in [0.2, 0.25) is 0 Å². The van der Waals surface area contributed by atoms with Crippen molar-refractivity contribution in [2.75, 3.05) is 20.1 Å². The first kappa shape index (κ1) is 13.9. The number of nitrogens with zero attached hydrogens (tertiary/aromatic N) is 1. The lowest BCUT2D eigenvalue weighted by molar-refractivity contribution is -0.183. The number of furan rings is 1. The predicted molar refractivity (Wildman–Crippen MR) is 61.1 cm³/mol. The maximum absolute atomic E-state index is 12.8. The zero-order chi connectivity index (χ0) is 14.0. The lowest BCUT2D eigenvalue weighted by Crippen LogP contribution is -2.39. The summed E-state index contributed by atoms with van der Waals surface area (Å²) in [5, 5.41) is 2.52. The van der Waals surface area contributed by atoms with Gasteiger partial charge < -0.3 is 14.6 Å². The number of amides is 1. The van der Waals surface area contributed by atoms with Gasteiger partial charge in [0.2, 0.25) is 5.91 Å². The van der Waals surface area contributed by atoms with Gasteiger partial charge in [-0.15, -0.1) is 0 Å². The highest BCUT2D eigenvalue weighted by Gasteiger charge is 2.51. The third kappa shape index (κ3) is 3.28. The Bertz CT molecular complexity index is 431. The van der Waals surface area contributed by atoms with Crippen molar-refractivity contribution in [2.24, 2.45) is 11.8 Å². The van der Waals surface area contributed by atoms with E-state index in [1.165, 1.54) is 17.4 Å². The molecule has 1 N–H and O–H groups in total. The van der Waals surface area contributed by atoms with Crippen molar-refractivity contribution >= 4 is 5.91 Å². The summed E-state index contributed by atoms with van der Waals surface area (Å²) in [6.07, 6.45) is -1.45. The first-order valence-electron chi connectivity index (χ1n) is 5.92. The fourth-order valence-electron chi connectivity index (χ4n) is 2.31. The molecule has 1 aliphatic rings. The molecule has 7 heteroatoms. The second-order valence-electron chi connectivity index (χ2n) is 4.83. The first-order chi connectivity index (χ1) is 8.88. The van der Waals surface area contributed by atoms with Crippen molar-refractivity contribution in [3.05, 3.63) is 24.2 Å². The van der Waals surface area contributed by atoms with Gasteiger partial charge >= 0.3 is 6.18 Å². The van der Waals surface area contributed by atoms with Crippen molar-refractivity contribution in [2.45, 2.75) is 12.7 Å². The molecule has 4 nitrogen and oxygen atoms in total. The topological polar surface area (TPSA) is 45.5 Å². The number of carbonyl (C=O) groups is 1. The van der Waals surface area contributed by atoms with Gasteiger partial charge in [0.25, 0.3) is 0 Å². The Morgan fingerprint density at radius 3 is 2.84 bits per heavy atom. The average molecular weight is 276 g/mol. The molecular formula is C12H15F3N2O2. The van der Waals surface area contributed by atoms with Crippen LogP contribution in [0.25, 0.3) is 0 Å². The van der Waals surface area contributed by atoms with E-state index in [-0.39, 0.29) is 19.6 Å². The molecule has 0 aromatic carbocycles. The number of nitrogens with one attached hydrogen (secondary N) is 1. The Morgan fingerprint density at radius 1 is 1.53 bits per heavy atom. The fraction of sp³-hybridized carbons (Fsp3) is 0.583. The van der Waals surface area contributed by atoms with E-state index in [1.54, 1.807) is 13.1 Å². The summed E-state index contributed by atoms with van der Waals surface area (Å²) >= 11 is 0. The SMILES string of the molecule is CN1C[C@@H](C(F)(F)F)[C@H](C(=O)NCc2ccoc2)C1. The smallest absolute Gasteiger partial charge is 0.393 e. The predicted octanol–water partition coefficient (Wildman–Crippen LogP) is 1.64. The van der Waals surface area contributed by atoms with Gasteiger partial charge in [0.05, 0.1) is 24.4 Å². The number of hydrogen-bond acceptors (Lipinski definition) is 3. The molecule has 0 aliphatic carbocycles. The van der Waals surface area contributed by atoms with Crippen molar-refractivity contribution in [3.8, 4) is 0 Å². The summed E-state index contributed by atoms with van der Waals surface area (Å²) in [4.78, 5) is 13.4. The number of carbonyl (C=O) groups excluding carboxylic acids is 1. The van der Waals surface area contributed by atoms with Crippen LogP contribution >= 0.6 is 0 Å². The van der Waals surface area contributed by atoms with Crippen molar-refractivity contribution in [1.29, 1.82) is 0 Å². The van der Waals surface area contributed by atoms with E-state index in [4.69, 9.17) is 4.42 Å². The van der Waals surface area contributed by atoms with Crippen LogP contribution in [0.1, 0.15) is 5.56 Å². The first-order valence-corrected chi connectivity index (χ1v) is 5.92. The Hall–Kier alpha value is -1.50. The van der Waals surface area contributed by atoms with Gasteiger partial charge in [0.1, 0.15) is 0 Å². The van der Waals surface area contributed by atoms with E-state index < -0.39 is 23.9 Å². The van der Waals surface area contributed by atoms with Crippen LogP contribution in [0.4, 0.5) is 13.2 Å². The monoisotopic (exact) mass is 276 g/mol. The molecule has 0 unspecified atom stereocenters. The molecule has 0 radical (unpaired) electrons. The van der Waals surface area contributed by atoms with Crippen molar-refractivity contribution < 1.29 is 22.4 Å². The zero-order valence-electron chi connectivity index (χ0n) is 10.4. The van der Waals surface area contributed by atoms with Gasteiger partial charge in [-0.25, -0.2) is 0 Å². The highest BCUT2D eigenvalue weighted by atomic mass is 19.4. The van der Waals surface area contributed by atoms with Crippen LogP contribution in [0.3, 0.4) is 0 Å². The number of hydrogen-bond donors (Lipinski definition) is 1. The summed E-state index contributed by atoms with van der Waals surface area (Å²) in [6.45, 7) is 0.175. The van der Waals surface area contributed by atoms with Gasteiger partial charge in [-0.1, -0.05) is 0 Å². The van der Waals surface area contributed by atoms with E-state index in [1.807, 2.05) is 0 Å². The molecule has 0 bridgehead atoms. The number of rotatable bonds is 3. The maximum Gasteiger partial charge on any atom is 0.393 e. The lowest BCUT2D eigenvalue weighted by atomic mass is 9.94. The van der Waals surface area contributed by atoms with E-state index in [0.717, 1.165) is 5.56 Å². The molecule has 1 aromatic heterocycles. The average Bonchev–Trinajstić information content (AvgIpc) is 2.93. The molecule has 0 spiro atoms. The Kier molecular flexibility index (Phi) is 3.84. The van der Waals surface area contributed by atoms with Gasteiger partial charge in [-0.2, -0.15) is 13.2 Å². The highest BCUT2D eigenvalue weighted by Crippen LogP contribution is 2.37. The van der Waals surface area contributed by atoms with E-state index in [9.17, 15) is 18.0 Å². The quantitative estimate of drug-likeness (QED) is 0.912. The number of halogens is 3. The van der Waals surface area contributed by atoms with Crippen molar-refractivity contribution in [1.82, 2.24) is 10.2 Å². The molecule has 0 saturated carbocycles. The van der Waals surface area contributed by atoms with Gasteiger partial charge in [-0.05, 0) is 13.1 Å². The highest BCUT2D eigenvalue weighted by molar-refractivity contribution is 5.79. The lowest BCUT2D eigenvalue weighted by Gasteiger charge is -2.20. The largest absolute Gasteiger partial charge is 0.472 e. The molecule has 19 heavy (non-hydrogen) atoms. The minimum atomic E-state index is -4.34. The molecule has 2 rings (SSSR count). The van der Waals surface area contributed by atoms with Crippen LogP contribution in [-0.2, 0) is 11.3 Å². The molecular weight excluding hydrogens is 261 g/mol. The van der Waals surface area contributed by atoms with Crippen LogP contribution in [0.5, 0.6) is 0 Å². The Balaban J connectivity index is 1.97. The van der Waals surface area contributed by atoms with Gasteiger partial charge in [-0.3, -0.25) is 4.79 Å². The Morgan fingerprint density at radius 2 is 2.26 bits per heavy atom. The third-order valence-corrected chi connectivity index (χ3v) is 3.31. The minimum Gasteiger partial charge on any atom is -0.472 e. The Labute approximate surface area is 108 Å². The fourth-order valence-corrected chi connectivity index (χ4v) is 2.31. The molecule has 106 valence electrons. The van der Waals surface area contributed by atoms with E-state index >= 15 is 0 Å². The molecule has 1 aromatic rings. The van der Waals surface area contributed by atoms with Crippen LogP contribution in [-0.4, -0.2) is 37.1 Å². The third-order valence-electron chi connectivity index (χ3n) is 3.31. The normalized spacial score (nSPS) is 24.6. The van der Waals surface area contributed by atoms with E-state index in [0.29, 0.717) is 0 Å². The second kappa shape index (κ2) is 5.24. The standard InChI is InChI=1S/C12H15F3N2O2/c1-17-5-9(10(6-17)12(13,14)15)11(18)16-4-8-2-3-19-7-8/h2-3,7,9-10H,4-6H2,1H3,(H,16,18)/t9-,10-/m1/s1. The molecule has 1 amide bonds. The summed E-state index contributed by atoms with van der Waals surface area (Å²) in [7, 11) is 1.59. The zero-order valence-corrected chi connectivity index (χ0v) is 10.4. The van der Waals surface area contributed by atoms with Crippen molar-refractivity contribution in [3.63, 3.8) is 0 Å². The summed E-state index contributed by atoms with van der Waals surface area (Å²) in [5.41, 5.74) is 0.725. The van der Waals surface area contributed by atoms with E-state index in [2.05, 4.69) is 5.32 Å². The summed E-state index contributed by atoms with van der Waals surface area (Å²) < 4.78 is 43.3. The van der Waals surface area contributed by atoms with Gasteiger partial charge in [0, 0.05) is 25.2 Å². The summed E-state index contributed by atoms with van der Waals surface area (Å²) in [6, 6.07) is 1.66. The van der Waals surface area contributed by atoms with Crippen LogP contribution in [0, 0.1) is 11.8 Å². The summed E-state index contributed by atoms with van der Waals surface area (Å²) in [5.74, 6) is -3.20. The van der Waals surface area contributed by atoms with Gasteiger partial charge in [0.15, 0.2) is 0 Å². The van der Waals surface area contributed by atoms with Crippen LogP contribution < -0.4 is 5.32 Å². The molecule has 1 aliphatic heterocycles. The number of alkyl halides is 3. The van der Waals surface area contributed by atoms with Crippen LogP contribution in [0.15, 0.2) is 23.0 Å². The minimum absolute atomic E-state index is 0.126. The second-order valence-corrected chi connectivity index (χ2v) is 4.83. The molecule has 1 saturated heterocycles. The number of likely N-dealkylation sites (tertiary alicyclic amines) is 1. The molecule has 2 heterocycles. The maximum atomic E-state index is 12.8.